The molecule has 1 aromatic carbocycles. The Hall–Kier alpha value is -1.46. The molecule has 0 unspecified atom stereocenters. The fraction of sp³-hybridized carbons (Fsp3) is 0.538. The summed E-state index contributed by atoms with van der Waals surface area (Å²) in [7, 11) is 1.57. The summed E-state index contributed by atoms with van der Waals surface area (Å²) in [4.78, 5) is 0. The van der Waals surface area contributed by atoms with E-state index in [1.54, 1.807) is 7.11 Å². The smallest absolute Gasteiger partial charge is 0.231 e. The first-order chi connectivity index (χ1) is 8.70. The average molecular weight is 251 g/mol. The van der Waals surface area contributed by atoms with Crippen LogP contribution in [0.3, 0.4) is 0 Å². The summed E-state index contributed by atoms with van der Waals surface area (Å²) in [5.74, 6) is 2.16. The maximum atomic E-state index is 10.1. The standard InChI is InChI=1S/C13H17NO4/c1-16-9-4-8(5-10-13(9)18-6-17-10)11(14)12(15)7-2-3-7/h4-5,7,11-12,15H,2-3,6,14H2,1H3/t11-,12+/m1/s1. The summed E-state index contributed by atoms with van der Waals surface area (Å²) < 4.78 is 15.9. The van der Waals surface area contributed by atoms with Gasteiger partial charge in [0, 0.05) is 0 Å². The average Bonchev–Trinajstić information content (AvgIpc) is 3.13. The highest BCUT2D eigenvalue weighted by atomic mass is 16.7. The van der Waals surface area contributed by atoms with E-state index in [4.69, 9.17) is 19.9 Å². The van der Waals surface area contributed by atoms with Crippen LogP contribution in [-0.4, -0.2) is 25.1 Å². The number of aliphatic hydroxyl groups is 1. The number of rotatable bonds is 4. The molecule has 3 rings (SSSR count). The fourth-order valence-electron chi connectivity index (χ4n) is 2.27. The monoisotopic (exact) mass is 251 g/mol. The van der Waals surface area contributed by atoms with Crippen LogP contribution in [0.15, 0.2) is 12.1 Å². The van der Waals surface area contributed by atoms with E-state index in [1.807, 2.05) is 12.1 Å². The zero-order chi connectivity index (χ0) is 12.7. The lowest BCUT2D eigenvalue weighted by Gasteiger charge is -2.19. The van der Waals surface area contributed by atoms with Crippen LogP contribution in [0.1, 0.15) is 24.4 Å². The highest BCUT2D eigenvalue weighted by Crippen LogP contribution is 2.44. The van der Waals surface area contributed by atoms with Crippen LogP contribution in [0.4, 0.5) is 0 Å². The molecule has 1 aliphatic carbocycles. The topological polar surface area (TPSA) is 73.9 Å². The second-order valence-corrected chi connectivity index (χ2v) is 4.81. The summed E-state index contributed by atoms with van der Waals surface area (Å²) in [6, 6.07) is 3.21. The maximum Gasteiger partial charge on any atom is 0.231 e. The van der Waals surface area contributed by atoms with E-state index in [1.165, 1.54) is 0 Å². The molecule has 0 aromatic heterocycles. The van der Waals surface area contributed by atoms with Gasteiger partial charge in [-0.15, -0.1) is 0 Å². The predicted molar refractivity (Wildman–Crippen MR) is 64.8 cm³/mol. The van der Waals surface area contributed by atoms with E-state index >= 15 is 0 Å². The van der Waals surface area contributed by atoms with Gasteiger partial charge in [0.15, 0.2) is 11.5 Å². The van der Waals surface area contributed by atoms with Crippen LogP contribution in [0.5, 0.6) is 17.2 Å². The van der Waals surface area contributed by atoms with E-state index in [2.05, 4.69) is 0 Å². The first kappa shape index (κ1) is 11.6. The van der Waals surface area contributed by atoms with Crippen LogP contribution in [0.2, 0.25) is 0 Å². The third-order valence-electron chi connectivity index (χ3n) is 3.54. The normalized spacial score (nSPS) is 20.6. The van der Waals surface area contributed by atoms with Crippen molar-refractivity contribution in [3.8, 4) is 17.2 Å². The number of benzene rings is 1. The molecule has 1 heterocycles. The first-order valence-corrected chi connectivity index (χ1v) is 6.12. The van der Waals surface area contributed by atoms with E-state index in [0.29, 0.717) is 23.2 Å². The number of aliphatic hydroxyl groups excluding tert-OH is 1. The van der Waals surface area contributed by atoms with Crippen molar-refractivity contribution in [3.63, 3.8) is 0 Å². The summed E-state index contributed by atoms with van der Waals surface area (Å²) >= 11 is 0. The Kier molecular flexibility index (Phi) is 2.80. The summed E-state index contributed by atoms with van der Waals surface area (Å²) in [6.45, 7) is 0.190. The highest BCUT2D eigenvalue weighted by Gasteiger charge is 2.35. The summed E-state index contributed by atoms with van der Waals surface area (Å²) in [6.07, 6.45) is 1.60. The predicted octanol–water partition coefficient (Wildman–Crippen LogP) is 1.19. The lowest BCUT2D eigenvalue weighted by Crippen LogP contribution is -2.27. The van der Waals surface area contributed by atoms with Gasteiger partial charge in [-0.1, -0.05) is 0 Å². The molecule has 2 aliphatic rings. The third-order valence-corrected chi connectivity index (χ3v) is 3.54. The van der Waals surface area contributed by atoms with Crippen LogP contribution < -0.4 is 19.9 Å². The molecule has 18 heavy (non-hydrogen) atoms. The molecular formula is C13H17NO4. The van der Waals surface area contributed by atoms with Crippen LogP contribution in [-0.2, 0) is 0 Å². The highest BCUT2D eigenvalue weighted by molar-refractivity contribution is 5.55. The Morgan fingerprint density at radius 3 is 2.83 bits per heavy atom. The lowest BCUT2D eigenvalue weighted by atomic mass is 9.98. The summed E-state index contributed by atoms with van der Waals surface area (Å²) in [5, 5.41) is 10.1. The van der Waals surface area contributed by atoms with Gasteiger partial charge < -0.3 is 25.1 Å². The van der Waals surface area contributed by atoms with Crippen molar-refractivity contribution in [3.05, 3.63) is 17.7 Å². The fourth-order valence-corrected chi connectivity index (χ4v) is 2.27. The van der Waals surface area contributed by atoms with Crippen LogP contribution in [0.25, 0.3) is 0 Å². The van der Waals surface area contributed by atoms with Gasteiger partial charge in [0.1, 0.15) is 0 Å². The molecule has 5 heteroatoms. The number of hydrogen-bond donors (Lipinski definition) is 2. The summed E-state index contributed by atoms with van der Waals surface area (Å²) in [5.41, 5.74) is 6.91. The van der Waals surface area contributed by atoms with Crippen LogP contribution >= 0.6 is 0 Å². The number of hydrogen-bond acceptors (Lipinski definition) is 5. The Balaban J connectivity index is 1.92. The molecule has 1 aliphatic heterocycles. The van der Waals surface area contributed by atoms with Crippen molar-refractivity contribution < 1.29 is 19.3 Å². The second-order valence-electron chi connectivity index (χ2n) is 4.81. The van der Waals surface area contributed by atoms with Crippen LogP contribution in [0, 0.1) is 5.92 Å². The molecule has 1 aromatic rings. The van der Waals surface area contributed by atoms with Gasteiger partial charge in [-0.05, 0) is 36.5 Å². The number of nitrogens with two attached hydrogens (primary N) is 1. The van der Waals surface area contributed by atoms with Gasteiger partial charge in [0.25, 0.3) is 0 Å². The zero-order valence-electron chi connectivity index (χ0n) is 10.3. The minimum absolute atomic E-state index is 0.190. The Morgan fingerprint density at radius 2 is 2.17 bits per heavy atom. The van der Waals surface area contributed by atoms with Crippen molar-refractivity contribution in [2.75, 3.05) is 13.9 Å². The lowest BCUT2D eigenvalue weighted by molar-refractivity contribution is 0.122. The minimum atomic E-state index is -0.505. The molecule has 3 N–H and O–H groups in total. The quantitative estimate of drug-likeness (QED) is 0.841. The van der Waals surface area contributed by atoms with Gasteiger partial charge in [0.2, 0.25) is 12.5 Å². The molecular weight excluding hydrogens is 234 g/mol. The van der Waals surface area contributed by atoms with E-state index in [9.17, 15) is 5.11 Å². The van der Waals surface area contributed by atoms with Crippen molar-refractivity contribution in [2.45, 2.75) is 25.0 Å². The largest absolute Gasteiger partial charge is 0.493 e. The molecule has 0 amide bonds. The molecule has 0 spiro atoms. The molecule has 0 saturated heterocycles. The molecule has 2 atom stereocenters. The molecule has 0 bridgehead atoms. The first-order valence-electron chi connectivity index (χ1n) is 6.12. The number of methoxy groups -OCH3 is 1. The zero-order valence-corrected chi connectivity index (χ0v) is 10.3. The maximum absolute atomic E-state index is 10.1. The van der Waals surface area contributed by atoms with Crippen molar-refractivity contribution in [1.82, 2.24) is 0 Å². The minimum Gasteiger partial charge on any atom is -0.493 e. The molecule has 5 nitrogen and oxygen atoms in total. The molecule has 1 fully saturated rings. The molecule has 98 valence electrons. The van der Waals surface area contributed by atoms with E-state index in [0.717, 1.165) is 18.4 Å². The Labute approximate surface area is 105 Å². The van der Waals surface area contributed by atoms with Gasteiger partial charge in [-0.25, -0.2) is 0 Å². The van der Waals surface area contributed by atoms with Gasteiger partial charge in [-0.2, -0.15) is 0 Å². The van der Waals surface area contributed by atoms with E-state index in [-0.39, 0.29) is 6.79 Å². The SMILES string of the molecule is COc1cc([C@@H](N)[C@@H](O)C2CC2)cc2c1OCO2. The van der Waals surface area contributed by atoms with Gasteiger partial charge in [-0.3, -0.25) is 0 Å². The van der Waals surface area contributed by atoms with E-state index < -0.39 is 12.1 Å². The third kappa shape index (κ3) is 1.89. The van der Waals surface area contributed by atoms with Gasteiger partial charge >= 0.3 is 0 Å². The molecule has 1 saturated carbocycles. The number of ether oxygens (including phenoxy) is 3. The number of fused-ring (bicyclic) bond motifs is 1. The van der Waals surface area contributed by atoms with Crippen molar-refractivity contribution >= 4 is 0 Å². The van der Waals surface area contributed by atoms with Crippen molar-refractivity contribution in [2.24, 2.45) is 11.7 Å². The Bertz CT molecular complexity index is 459. The molecule has 0 radical (unpaired) electrons. The van der Waals surface area contributed by atoms with Gasteiger partial charge in [0.05, 0.1) is 19.3 Å². The van der Waals surface area contributed by atoms with Crippen molar-refractivity contribution in [1.29, 1.82) is 0 Å². The second kappa shape index (κ2) is 4.33. The Morgan fingerprint density at radius 1 is 1.39 bits per heavy atom.